The Morgan fingerprint density at radius 1 is 1.15 bits per heavy atom. The number of hydrogen-bond acceptors (Lipinski definition) is 5. The minimum atomic E-state index is -4.64. The highest BCUT2D eigenvalue weighted by Gasteiger charge is 2.30. The summed E-state index contributed by atoms with van der Waals surface area (Å²) < 4.78 is 88.0. The molecule has 1 fully saturated rings. The van der Waals surface area contributed by atoms with Gasteiger partial charge in [0.25, 0.3) is 0 Å². The molecule has 12 heteroatoms. The molecule has 0 bridgehead atoms. The Morgan fingerprint density at radius 2 is 1.88 bits per heavy atom. The molecule has 3 rings (SSSR count). The number of anilines is 1. The van der Waals surface area contributed by atoms with Crippen molar-refractivity contribution in [3.63, 3.8) is 0 Å². The van der Waals surface area contributed by atoms with Crippen molar-refractivity contribution < 1.29 is 40.2 Å². The predicted molar refractivity (Wildman–Crippen MR) is 112 cm³/mol. The maximum Gasteiger partial charge on any atom is 0.422 e. The van der Waals surface area contributed by atoms with Gasteiger partial charge in [-0.1, -0.05) is 12.1 Å². The van der Waals surface area contributed by atoms with Crippen LogP contribution in [0.1, 0.15) is 5.56 Å². The van der Waals surface area contributed by atoms with Crippen molar-refractivity contribution in [1.29, 1.82) is 0 Å². The lowest BCUT2D eigenvalue weighted by Gasteiger charge is -2.26. The van der Waals surface area contributed by atoms with E-state index in [1.54, 1.807) is 6.07 Å². The summed E-state index contributed by atoms with van der Waals surface area (Å²) in [6.45, 7) is -0.981. The minimum Gasteiger partial charge on any atom is -0.482 e. The summed E-state index contributed by atoms with van der Waals surface area (Å²) in [5.41, 5.74) is 0.116. The van der Waals surface area contributed by atoms with E-state index in [0.29, 0.717) is 5.56 Å². The van der Waals surface area contributed by atoms with Crippen molar-refractivity contribution in [1.82, 2.24) is 4.31 Å². The van der Waals surface area contributed by atoms with Crippen LogP contribution in [0.25, 0.3) is 6.08 Å². The average Bonchev–Trinajstić information content (AvgIpc) is 2.77. The molecule has 2 aromatic rings. The fourth-order valence-corrected chi connectivity index (χ4v) is 4.38. The van der Waals surface area contributed by atoms with E-state index >= 15 is 0 Å². The topological polar surface area (TPSA) is 84.9 Å². The van der Waals surface area contributed by atoms with E-state index in [1.807, 2.05) is 0 Å². The third-order valence-electron chi connectivity index (χ3n) is 4.48. The zero-order valence-electron chi connectivity index (χ0n) is 17.1. The minimum absolute atomic E-state index is 0.118. The molecule has 1 N–H and O–H groups in total. The Kier molecular flexibility index (Phi) is 7.72. The number of sulfonamides is 1. The highest BCUT2D eigenvalue weighted by Crippen LogP contribution is 2.31. The number of rotatable bonds is 7. The number of morpholine rings is 1. The van der Waals surface area contributed by atoms with Gasteiger partial charge < -0.3 is 14.8 Å². The molecule has 0 aliphatic carbocycles. The smallest absolute Gasteiger partial charge is 0.422 e. The summed E-state index contributed by atoms with van der Waals surface area (Å²) in [7, 11) is -3.98. The highest BCUT2D eigenvalue weighted by molar-refractivity contribution is 7.89. The molecule has 1 saturated heterocycles. The molecule has 2 aromatic carbocycles. The fourth-order valence-electron chi connectivity index (χ4n) is 2.95. The lowest BCUT2D eigenvalue weighted by atomic mass is 10.2. The first-order chi connectivity index (χ1) is 15.5. The number of amides is 1. The van der Waals surface area contributed by atoms with Crippen molar-refractivity contribution in [2.75, 3.05) is 38.2 Å². The van der Waals surface area contributed by atoms with Crippen LogP contribution < -0.4 is 10.1 Å². The molecule has 1 amide bonds. The van der Waals surface area contributed by atoms with Crippen LogP contribution in [-0.4, -0.2) is 57.7 Å². The first-order valence-electron chi connectivity index (χ1n) is 9.71. The molecule has 0 atom stereocenters. The second-order valence-electron chi connectivity index (χ2n) is 6.96. The van der Waals surface area contributed by atoms with Gasteiger partial charge in [0.15, 0.2) is 6.61 Å². The molecule has 1 aliphatic heterocycles. The molecule has 7 nitrogen and oxygen atoms in total. The van der Waals surface area contributed by atoms with Crippen molar-refractivity contribution >= 4 is 27.7 Å². The van der Waals surface area contributed by atoms with Gasteiger partial charge in [0.05, 0.1) is 23.8 Å². The summed E-state index contributed by atoms with van der Waals surface area (Å²) in [5.74, 6) is -1.65. The van der Waals surface area contributed by atoms with Gasteiger partial charge in [0.1, 0.15) is 11.6 Å². The van der Waals surface area contributed by atoms with E-state index in [1.165, 1.54) is 28.6 Å². The quantitative estimate of drug-likeness (QED) is 0.477. The Morgan fingerprint density at radius 3 is 2.55 bits per heavy atom. The molecular weight excluding hydrogens is 468 g/mol. The largest absolute Gasteiger partial charge is 0.482 e. The SMILES string of the molecule is O=C(/C=C/c1cccc(F)c1)Nc1cc(S(=O)(=O)N2CCOCC2)ccc1OCC(F)(F)F. The number of benzene rings is 2. The molecule has 0 spiro atoms. The van der Waals surface area contributed by atoms with Crippen LogP contribution in [0.15, 0.2) is 53.4 Å². The highest BCUT2D eigenvalue weighted by atomic mass is 32.2. The van der Waals surface area contributed by atoms with Crippen LogP contribution in [0.4, 0.5) is 23.2 Å². The summed E-state index contributed by atoms with van der Waals surface area (Å²) in [5, 5.41) is 2.33. The summed E-state index contributed by atoms with van der Waals surface area (Å²) in [6.07, 6.45) is -2.31. The third-order valence-corrected chi connectivity index (χ3v) is 6.38. The number of ether oxygens (including phenoxy) is 2. The lowest BCUT2D eigenvalue weighted by Crippen LogP contribution is -2.40. The molecule has 0 radical (unpaired) electrons. The van der Waals surface area contributed by atoms with Crippen molar-refractivity contribution in [2.45, 2.75) is 11.1 Å². The second kappa shape index (κ2) is 10.3. The van der Waals surface area contributed by atoms with Gasteiger partial charge in [-0.2, -0.15) is 17.5 Å². The van der Waals surface area contributed by atoms with Crippen molar-refractivity contribution in [3.8, 4) is 5.75 Å². The van der Waals surface area contributed by atoms with E-state index in [-0.39, 0.29) is 42.6 Å². The standard InChI is InChI=1S/C21H20F4N2O5S/c22-16-3-1-2-15(12-16)4-7-20(28)26-18-13-17(5-6-19(18)32-14-21(23,24)25)33(29,30)27-8-10-31-11-9-27/h1-7,12-13H,8-11,14H2,(H,26,28)/b7-4+. The zero-order chi connectivity index (χ0) is 24.1. The lowest BCUT2D eigenvalue weighted by molar-refractivity contribution is -0.153. The Bertz CT molecular complexity index is 1130. The summed E-state index contributed by atoms with van der Waals surface area (Å²) in [6, 6.07) is 8.57. The number of hydrogen-bond donors (Lipinski definition) is 1. The monoisotopic (exact) mass is 488 g/mol. The zero-order valence-corrected chi connectivity index (χ0v) is 18.0. The first kappa shape index (κ1) is 24.7. The molecule has 33 heavy (non-hydrogen) atoms. The van der Waals surface area contributed by atoms with E-state index < -0.39 is 34.5 Å². The molecule has 0 aromatic heterocycles. The average molecular weight is 488 g/mol. The van der Waals surface area contributed by atoms with Gasteiger partial charge in [-0.15, -0.1) is 0 Å². The molecule has 0 saturated carbocycles. The Balaban J connectivity index is 1.86. The van der Waals surface area contributed by atoms with Gasteiger partial charge in [-0.3, -0.25) is 4.79 Å². The maximum atomic E-state index is 13.3. The fraction of sp³-hybridized carbons (Fsp3) is 0.286. The van der Waals surface area contributed by atoms with Gasteiger partial charge in [-0.05, 0) is 42.0 Å². The van der Waals surface area contributed by atoms with Gasteiger partial charge in [0, 0.05) is 19.2 Å². The summed E-state index contributed by atoms with van der Waals surface area (Å²) in [4.78, 5) is 12.1. The maximum absolute atomic E-state index is 13.3. The number of nitrogens with one attached hydrogen (secondary N) is 1. The Hall–Kier alpha value is -2.96. The van der Waals surface area contributed by atoms with Crippen molar-refractivity contribution in [3.05, 3.63) is 59.9 Å². The molecular formula is C21H20F4N2O5S. The second-order valence-corrected chi connectivity index (χ2v) is 8.89. The van der Waals surface area contributed by atoms with Gasteiger partial charge in [-0.25, -0.2) is 12.8 Å². The summed E-state index contributed by atoms with van der Waals surface area (Å²) >= 11 is 0. The van der Waals surface area contributed by atoms with Crippen LogP contribution in [0.5, 0.6) is 5.75 Å². The molecule has 1 aliphatic rings. The van der Waals surface area contributed by atoms with E-state index in [2.05, 4.69) is 5.32 Å². The van der Waals surface area contributed by atoms with Crippen LogP contribution >= 0.6 is 0 Å². The number of halogens is 4. The van der Waals surface area contributed by atoms with E-state index in [9.17, 15) is 30.8 Å². The molecule has 0 unspecified atom stereocenters. The normalized spacial score (nSPS) is 15.5. The third kappa shape index (κ3) is 7.01. The molecule has 178 valence electrons. The van der Waals surface area contributed by atoms with Crippen LogP contribution in [0, 0.1) is 5.82 Å². The van der Waals surface area contributed by atoms with Crippen molar-refractivity contribution in [2.24, 2.45) is 0 Å². The predicted octanol–water partition coefficient (Wildman–Crippen LogP) is 3.44. The molecule has 1 heterocycles. The van der Waals surface area contributed by atoms with Crippen LogP contribution in [0.3, 0.4) is 0 Å². The van der Waals surface area contributed by atoms with Crippen LogP contribution in [-0.2, 0) is 19.6 Å². The van der Waals surface area contributed by atoms with E-state index in [4.69, 9.17) is 9.47 Å². The number of nitrogens with zero attached hydrogens (tertiary/aromatic N) is 1. The Labute approximate surface area is 187 Å². The number of carbonyl (C=O) groups excluding carboxylic acids is 1. The van der Waals surface area contributed by atoms with Gasteiger partial charge >= 0.3 is 6.18 Å². The van der Waals surface area contributed by atoms with Gasteiger partial charge in [0.2, 0.25) is 15.9 Å². The first-order valence-corrected chi connectivity index (χ1v) is 11.1. The number of alkyl halides is 3. The van der Waals surface area contributed by atoms with Crippen LogP contribution in [0.2, 0.25) is 0 Å². The van der Waals surface area contributed by atoms with E-state index in [0.717, 1.165) is 24.3 Å². The number of carbonyl (C=O) groups is 1.